The van der Waals surface area contributed by atoms with E-state index in [9.17, 15) is 0 Å². The van der Waals surface area contributed by atoms with Crippen LogP contribution in [0.1, 0.15) is 51.1 Å². The van der Waals surface area contributed by atoms with Gasteiger partial charge in [0.15, 0.2) is 0 Å². The van der Waals surface area contributed by atoms with Crippen molar-refractivity contribution in [3.63, 3.8) is 0 Å². The maximum Gasteiger partial charge on any atom is 0.0348 e. The third kappa shape index (κ3) is 3.57. The SMILES string of the molecule is CCC(CC)C(NCC1CC1)c1ccccc1. The molecule has 1 atom stereocenters. The van der Waals surface area contributed by atoms with Gasteiger partial charge >= 0.3 is 0 Å². The third-order valence-corrected chi connectivity index (χ3v) is 4.00. The second kappa shape index (κ2) is 6.20. The molecular weight excluding hydrogens is 206 g/mol. The summed E-state index contributed by atoms with van der Waals surface area (Å²) >= 11 is 0. The van der Waals surface area contributed by atoms with Gasteiger partial charge in [-0.2, -0.15) is 0 Å². The maximum absolute atomic E-state index is 3.80. The van der Waals surface area contributed by atoms with Crippen LogP contribution in [0.3, 0.4) is 0 Å². The first kappa shape index (κ1) is 12.6. The second-order valence-electron chi connectivity index (χ2n) is 5.32. The Kier molecular flexibility index (Phi) is 4.61. The average molecular weight is 231 g/mol. The molecule has 0 radical (unpaired) electrons. The fourth-order valence-corrected chi connectivity index (χ4v) is 2.59. The van der Waals surface area contributed by atoms with Gasteiger partial charge in [0.05, 0.1) is 0 Å². The van der Waals surface area contributed by atoms with Crippen LogP contribution in [-0.2, 0) is 0 Å². The number of hydrogen-bond donors (Lipinski definition) is 1. The summed E-state index contributed by atoms with van der Waals surface area (Å²) in [6.45, 7) is 5.82. The summed E-state index contributed by atoms with van der Waals surface area (Å²) in [5.74, 6) is 1.71. The van der Waals surface area contributed by atoms with E-state index in [0.717, 1.165) is 11.8 Å². The highest BCUT2D eigenvalue weighted by atomic mass is 14.9. The summed E-state index contributed by atoms with van der Waals surface area (Å²) in [4.78, 5) is 0. The Hall–Kier alpha value is -0.820. The van der Waals surface area contributed by atoms with E-state index in [4.69, 9.17) is 0 Å². The van der Waals surface area contributed by atoms with E-state index in [-0.39, 0.29) is 0 Å². The van der Waals surface area contributed by atoms with Crippen molar-refractivity contribution in [2.45, 2.75) is 45.6 Å². The van der Waals surface area contributed by atoms with E-state index >= 15 is 0 Å². The van der Waals surface area contributed by atoms with Crippen molar-refractivity contribution in [2.75, 3.05) is 6.54 Å². The minimum Gasteiger partial charge on any atom is -0.309 e. The Morgan fingerprint density at radius 3 is 2.29 bits per heavy atom. The molecule has 1 aromatic rings. The smallest absolute Gasteiger partial charge is 0.0348 e. The first-order chi connectivity index (χ1) is 8.35. The zero-order chi connectivity index (χ0) is 12.1. The molecule has 1 aliphatic rings. The summed E-state index contributed by atoms with van der Waals surface area (Å²) < 4.78 is 0. The summed E-state index contributed by atoms with van der Waals surface area (Å²) in [6.07, 6.45) is 5.37. The van der Waals surface area contributed by atoms with Gasteiger partial charge < -0.3 is 5.32 Å². The number of nitrogens with one attached hydrogen (secondary N) is 1. The molecule has 1 aromatic carbocycles. The van der Waals surface area contributed by atoms with Crippen LogP contribution in [0.15, 0.2) is 30.3 Å². The molecule has 0 aliphatic heterocycles. The van der Waals surface area contributed by atoms with Crippen LogP contribution >= 0.6 is 0 Å². The van der Waals surface area contributed by atoms with Crippen LogP contribution < -0.4 is 5.32 Å². The lowest BCUT2D eigenvalue weighted by molar-refractivity contribution is 0.337. The fourth-order valence-electron chi connectivity index (χ4n) is 2.59. The standard InChI is InChI=1S/C16H25N/c1-3-14(4-2)16(17-12-13-10-11-13)15-8-6-5-7-9-15/h5-9,13-14,16-17H,3-4,10-12H2,1-2H3. The third-order valence-electron chi connectivity index (χ3n) is 4.00. The van der Waals surface area contributed by atoms with Crippen molar-refractivity contribution < 1.29 is 0 Å². The van der Waals surface area contributed by atoms with Gasteiger partial charge in [0.25, 0.3) is 0 Å². The Bertz CT molecular complexity index is 312. The molecule has 94 valence electrons. The van der Waals surface area contributed by atoms with Crippen molar-refractivity contribution in [3.8, 4) is 0 Å². The second-order valence-corrected chi connectivity index (χ2v) is 5.32. The molecule has 0 amide bonds. The lowest BCUT2D eigenvalue weighted by atomic mass is 9.89. The van der Waals surface area contributed by atoms with Crippen LogP contribution in [0.5, 0.6) is 0 Å². The van der Waals surface area contributed by atoms with E-state index < -0.39 is 0 Å². The van der Waals surface area contributed by atoms with E-state index in [1.807, 2.05) is 0 Å². The van der Waals surface area contributed by atoms with Crippen molar-refractivity contribution in [1.82, 2.24) is 5.32 Å². The van der Waals surface area contributed by atoms with E-state index in [0.29, 0.717) is 6.04 Å². The number of rotatable bonds is 7. The van der Waals surface area contributed by atoms with Crippen LogP contribution in [0.25, 0.3) is 0 Å². The fraction of sp³-hybridized carbons (Fsp3) is 0.625. The predicted molar refractivity (Wildman–Crippen MR) is 74.0 cm³/mol. The van der Waals surface area contributed by atoms with Gasteiger partial charge in [-0.1, -0.05) is 57.0 Å². The van der Waals surface area contributed by atoms with Gasteiger partial charge in [0.1, 0.15) is 0 Å². The zero-order valence-electron chi connectivity index (χ0n) is 11.2. The lowest BCUT2D eigenvalue weighted by Crippen LogP contribution is -2.29. The molecule has 0 saturated heterocycles. The van der Waals surface area contributed by atoms with Crippen molar-refractivity contribution in [1.29, 1.82) is 0 Å². The molecule has 1 N–H and O–H groups in total. The van der Waals surface area contributed by atoms with Crippen LogP contribution in [0.2, 0.25) is 0 Å². The van der Waals surface area contributed by atoms with Crippen LogP contribution in [0.4, 0.5) is 0 Å². The maximum atomic E-state index is 3.80. The van der Waals surface area contributed by atoms with Gasteiger partial charge in [-0.3, -0.25) is 0 Å². The molecule has 0 spiro atoms. The van der Waals surface area contributed by atoms with E-state index in [2.05, 4.69) is 49.5 Å². The monoisotopic (exact) mass is 231 g/mol. The molecule has 1 aliphatic carbocycles. The molecule has 17 heavy (non-hydrogen) atoms. The molecule has 2 rings (SSSR count). The predicted octanol–water partition coefficient (Wildman–Crippen LogP) is 4.16. The molecule has 1 nitrogen and oxygen atoms in total. The summed E-state index contributed by atoms with van der Waals surface area (Å²) in [5, 5.41) is 3.80. The van der Waals surface area contributed by atoms with Crippen molar-refractivity contribution in [3.05, 3.63) is 35.9 Å². The van der Waals surface area contributed by atoms with Crippen LogP contribution in [0, 0.1) is 11.8 Å². The molecule has 0 heterocycles. The lowest BCUT2D eigenvalue weighted by Gasteiger charge is -2.27. The first-order valence-corrected chi connectivity index (χ1v) is 7.13. The highest BCUT2D eigenvalue weighted by Gasteiger charge is 2.25. The van der Waals surface area contributed by atoms with Crippen LogP contribution in [-0.4, -0.2) is 6.54 Å². The topological polar surface area (TPSA) is 12.0 Å². The first-order valence-electron chi connectivity index (χ1n) is 7.13. The van der Waals surface area contributed by atoms with Gasteiger partial charge in [-0.25, -0.2) is 0 Å². The Morgan fingerprint density at radius 1 is 1.12 bits per heavy atom. The average Bonchev–Trinajstić information content (AvgIpc) is 3.19. The van der Waals surface area contributed by atoms with Gasteiger partial charge in [-0.15, -0.1) is 0 Å². The van der Waals surface area contributed by atoms with Gasteiger partial charge in [-0.05, 0) is 36.8 Å². The van der Waals surface area contributed by atoms with Crippen molar-refractivity contribution >= 4 is 0 Å². The highest BCUT2D eigenvalue weighted by Crippen LogP contribution is 2.31. The quantitative estimate of drug-likeness (QED) is 0.743. The minimum absolute atomic E-state index is 0.548. The highest BCUT2D eigenvalue weighted by molar-refractivity contribution is 5.19. The molecular formula is C16H25N. The molecule has 0 aromatic heterocycles. The molecule has 1 fully saturated rings. The summed E-state index contributed by atoms with van der Waals surface area (Å²) in [7, 11) is 0. The molecule has 1 saturated carbocycles. The number of hydrogen-bond acceptors (Lipinski definition) is 1. The molecule has 1 unspecified atom stereocenters. The minimum atomic E-state index is 0.548. The van der Waals surface area contributed by atoms with Gasteiger partial charge in [0, 0.05) is 6.04 Å². The Labute approximate surface area is 106 Å². The number of benzene rings is 1. The molecule has 1 heteroatoms. The Balaban J connectivity index is 2.04. The normalized spacial score (nSPS) is 17.4. The van der Waals surface area contributed by atoms with E-state index in [1.54, 1.807) is 0 Å². The van der Waals surface area contributed by atoms with Crippen molar-refractivity contribution in [2.24, 2.45) is 11.8 Å². The van der Waals surface area contributed by atoms with Gasteiger partial charge in [0.2, 0.25) is 0 Å². The Morgan fingerprint density at radius 2 is 1.76 bits per heavy atom. The van der Waals surface area contributed by atoms with E-state index in [1.165, 1.54) is 37.8 Å². The molecule has 0 bridgehead atoms. The zero-order valence-corrected chi connectivity index (χ0v) is 11.2. The summed E-state index contributed by atoms with van der Waals surface area (Å²) in [6, 6.07) is 11.5. The summed E-state index contributed by atoms with van der Waals surface area (Å²) in [5.41, 5.74) is 1.46. The largest absolute Gasteiger partial charge is 0.309 e.